The lowest BCUT2D eigenvalue weighted by molar-refractivity contribution is 0.870. The summed E-state index contributed by atoms with van der Waals surface area (Å²) in [5, 5.41) is 4.23. The first-order chi connectivity index (χ1) is 6.66. The highest BCUT2D eigenvalue weighted by Crippen LogP contribution is 2.22. The summed E-state index contributed by atoms with van der Waals surface area (Å²) in [6, 6.07) is 1.91. The summed E-state index contributed by atoms with van der Waals surface area (Å²) in [6.07, 6.45) is 5.53. The van der Waals surface area contributed by atoms with Crippen LogP contribution in [0.15, 0.2) is 33.7 Å². The van der Waals surface area contributed by atoms with E-state index in [4.69, 9.17) is 0 Å². The Kier molecular flexibility index (Phi) is 2.69. The molecule has 2 rings (SSSR count). The highest BCUT2D eigenvalue weighted by molar-refractivity contribution is 9.11. The van der Waals surface area contributed by atoms with Crippen molar-refractivity contribution in [2.45, 2.75) is 6.92 Å². The number of halogens is 2. The second kappa shape index (κ2) is 3.82. The molecule has 0 aliphatic rings. The Balaban J connectivity index is 2.55. The standard InChI is InChI=1S/C9H7Br2N3/c1-6-3-13-14(5-6)8-2-9(11)12-4-7(8)10/h2-5H,1H3. The van der Waals surface area contributed by atoms with Crippen LogP contribution in [0.4, 0.5) is 0 Å². The van der Waals surface area contributed by atoms with E-state index in [2.05, 4.69) is 41.9 Å². The van der Waals surface area contributed by atoms with E-state index in [0.29, 0.717) is 0 Å². The van der Waals surface area contributed by atoms with E-state index in [1.807, 2.05) is 30.1 Å². The van der Waals surface area contributed by atoms with E-state index in [1.54, 1.807) is 6.20 Å². The summed E-state index contributed by atoms with van der Waals surface area (Å²) < 4.78 is 3.53. The number of pyridine rings is 1. The highest BCUT2D eigenvalue weighted by atomic mass is 79.9. The molecule has 72 valence electrons. The minimum Gasteiger partial charge on any atom is -0.248 e. The molecule has 0 saturated heterocycles. The SMILES string of the molecule is Cc1cnn(-c2cc(Br)ncc2Br)c1. The van der Waals surface area contributed by atoms with E-state index in [1.165, 1.54) is 0 Å². The van der Waals surface area contributed by atoms with Crippen LogP contribution in [0.3, 0.4) is 0 Å². The number of nitrogens with zero attached hydrogens (tertiary/aromatic N) is 3. The number of aromatic nitrogens is 3. The van der Waals surface area contributed by atoms with Gasteiger partial charge in [-0.05, 0) is 50.4 Å². The van der Waals surface area contributed by atoms with Crippen LogP contribution >= 0.6 is 31.9 Å². The van der Waals surface area contributed by atoms with Gasteiger partial charge in [0.2, 0.25) is 0 Å². The summed E-state index contributed by atoms with van der Waals surface area (Å²) in [4.78, 5) is 4.10. The van der Waals surface area contributed by atoms with Crippen LogP contribution in [0, 0.1) is 6.92 Å². The Hall–Kier alpha value is -0.680. The van der Waals surface area contributed by atoms with Crippen LogP contribution in [-0.2, 0) is 0 Å². The lowest BCUT2D eigenvalue weighted by Gasteiger charge is -2.03. The first kappa shape index (κ1) is 9.86. The fraction of sp³-hybridized carbons (Fsp3) is 0.111. The minimum absolute atomic E-state index is 0.795. The average Bonchev–Trinajstić information content (AvgIpc) is 2.56. The van der Waals surface area contributed by atoms with Gasteiger partial charge in [0.25, 0.3) is 0 Å². The quantitative estimate of drug-likeness (QED) is 0.757. The van der Waals surface area contributed by atoms with Crippen molar-refractivity contribution in [1.82, 2.24) is 14.8 Å². The molecule has 0 fully saturated rings. The second-order valence-electron chi connectivity index (χ2n) is 2.92. The Morgan fingerprint density at radius 2 is 2.07 bits per heavy atom. The summed E-state index contributed by atoms with van der Waals surface area (Å²) in [7, 11) is 0. The fourth-order valence-corrected chi connectivity index (χ4v) is 1.84. The van der Waals surface area contributed by atoms with Crippen molar-refractivity contribution in [3.63, 3.8) is 0 Å². The smallest absolute Gasteiger partial charge is 0.108 e. The van der Waals surface area contributed by atoms with Gasteiger partial charge in [-0.3, -0.25) is 0 Å². The zero-order valence-corrected chi connectivity index (χ0v) is 10.6. The molecule has 0 saturated carbocycles. The molecule has 2 heterocycles. The van der Waals surface area contributed by atoms with Crippen LogP contribution < -0.4 is 0 Å². The first-order valence-corrected chi connectivity index (χ1v) is 5.58. The highest BCUT2D eigenvalue weighted by Gasteiger charge is 2.04. The molecule has 2 aromatic rings. The van der Waals surface area contributed by atoms with Gasteiger partial charge >= 0.3 is 0 Å². The molecule has 0 amide bonds. The Labute approximate surface area is 98.4 Å². The largest absolute Gasteiger partial charge is 0.248 e. The molecule has 0 spiro atoms. The average molecular weight is 317 g/mol. The zero-order chi connectivity index (χ0) is 10.1. The number of hydrogen-bond acceptors (Lipinski definition) is 2. The molecule has 0 aliphatic carbocycles. The molecule has 0 radical (unpaired) electrons. The predicted molar refractivity (Wildman–Crippen MR) is 61.5 cm³/mol. The summed E-state index contributed by atoms with van der Waals surface area (Å²) in [6.45, 7) is 2.01. The molecule has 5 heteroatoms. The molecule has 0 aliphatic heterocycles. The predicted octanol–water partition coefficient (Wildman–Crippen LogP) is 3.10. The van der Waals surface area contributed by atoms with Crippen molar-refractivity contribution >= 4 is 31.9 Å². The molecule has 0 aromatic carbocycles. The summed E-state index contributed by atoms with van der Waals surface area (Å²) >= 11 is 6.76. The van der Waals surface area contributed by atoms with E-state index < -0.39 is 0 Å². The molecular formula is C9H7Br2N3. The van der Waals surface area contributed by atoms with Gasteiger partial charge in [-0.15, -0.1) is 0 Å². The third-order valence-corrected chi connectivity index (χ3v) is 2.80. The molecule has 0 unspecified atom stereocenters. The van der Waals surface area contributed by atoms with E-state index in [9.17, 15) is 0 Å². The maximum Gasteiger partial charge on any atom is 0.108 e. The monoisotopic (exact) mass is 315 g/mol. The fourth-order valence-electron chi connectivity index (χ4n) is 1.12. The molecule has 2 aromatic heterocycles. The number of aryl methyl sites for hydroxylation is 1. The van der Waals surface area contributed by atoms with Crippen LogP contribution in [0.25, 0.3) is 5.69 Å². The summed E-state index contributed by atoms with van der Waals surface area (Å²) in [5.41, 5.74) is 2.10. The van der Waals surface area contributed by atoms with Crippen LogP contribution in [-0.4, -0.2) is 14.8 Å². The Morgan fingerprint density at radius 1 is 1.29 bits per heavy atom. The van der Waals surface area contributed by atoms with Crippen LogP contribution in [0.1, 0.15) is 5.56 Å². The Bertz CT molecular complexity index is 465. The molecular weight excluding hydrogens is 310 g/mol. The lowest BCUT2D eigenvalue weighted by Crippen LogP contribution is -1.96. The molecule has 0 bridgehead atoms. The summed E-state index contributed by atoms with van der Waals surface area (Å²) in [5.74, 6) is 0. The van der Waals surface area contributed by atoms with Gasteiger partial charge in [0.1, 0.15) is 4.60 Å². The maximum atomic E-state index is 4.23. The molecule has 3 nitrogen and oxygen atoms in total. The van der Waals surface area contributed by atoms with Gasteiger partial charge in [-0.2, -0.15) is 5.10 Å². The van der Waals surface area contributed by atoms with E-state index in [0.717, 1.165) is 20.3 Å². The van der Waals surface area contributed by atoms with E-state index in [-0.39, 0.29) is 0 Å². The van der Waals surface area contributed by atoms with Crippen molar-refractivity contribution < 1.29 is 0 Å². The van der Waals surface area contributed by atoms with Gasteiger partial charge < -0.3 is 0 Å². The third kappa shape index (κ3) is 1.88. The third-order valence-electron chi connectivity index (χ3n) is 1.76. The van der Waals surface area contributed by atoms with Gasteiger partial charge in [0.15, 0.2) is 0 Å². The van der Waals surface area contributed by atoms with Crippen molar-refractivity contribution in [2.24, 2.45) is 0 Å². The topological polar surface area (TPSA) is 30.7 Å². The van der Waals surface area contributed by atoms with E-state index >= 15 is 0 Å². The second-order valence-corrected chi connectivity index (χ2v) is 4.59. The number of rotatable bonds is 1. The zero-order valence-electron chi connectivity index (χ0n) is 7.41. The van der Waals surface area contributed by atoms with Gasteiger partial charge in [-0.25, -0.2) is 9.67 Å². The van der Waals surface area contributed by atoms with Crippen molar-refractivity contribution in [1.29, 1.82) is 0 Å². The Morgan fingerprint density at radius 3 is 2.71 bits per heavy atom. The van der Waals surface area contributed by atoms with Gasteiger partial charge in [-0.1, -0.05) is 0 Å². The van der Waals surface area contributed by atoms with Crippen LogP contribution in [0.5, 0.6) is 0 Å². The van der Waals surface area contributed by atoms with Gasteiger partial charge in [0.05, 0.1) is 16.4 Å². The first-order valence-electron chi connectivity index (χ1n) is 3.99. The molecule has 0 N–H and O–H groups in total. The number of hydrogen-bond donors (Lipinski definition) is 0. The minimum atomic E-state index is 0.795. The van der Waals surface area contributed by atoms with Crippen molar-refractivity contribution in [3.05, 3.63) is 39.3 Å². The lowest BCUT2D eigenvalue weighted by atomic mass is 10.4. The van der Waals surface area contributed by atoms with Gasteiger partial charge in [0, 0.05) is 12.4 Å². The molecule has 0 atom stereocenters. The van der Waals surface area contributed by atoms with Crippen molar-refractivity contribution in [3.8, 4) is 5.69 Å². The maximum absolute atomic E-state index is 4.23. The van der Waals surface area contributed by atoms with Crippen molar-refractivity contribution in [2.75, 3.05) is 0 Å². The van der Waals surface area contributed by atoms with Crippen LogP contribution in [0.2, 0.25) is 0 Å². The normalized spacial score (nSPS) is 10.5. The molecule has 14 heavy (non-hydrogen) atoms.